The van der Waals surface area contributed by atoms with Crippen LogP contribution in [0.2, 0.25) is 0 Å². The highest BCUT2D eigenvalue weighted by atomic mass is 16.7. The van der Waals surface area contributed by atoms with Gasteiger partial charge in [0.05, 0.1) is 6.61 Å². The molecule has 0 unspecified atom stereocenters. The molecule has 2 aliphatic rings. The zero-order valence-electron chi connectivity index (χ0n) is 18.8. The highest BCUT2D eigenvalue weighted by Gasteiger charge is 2.50. The Morgan fingerprint density at radius 2 is 1.45 bits per heavy atom. The number of aliphatic hydroxyl groups is 7. The minimum Gasteiger partial charge on any atom is -0.463 e. The first-order valence-corrected chi connectivity index (χ1v) is 11.5. The molecule has 10 atom stereocenters. The normalized spacial score (nSPS) is 39.4. The molecule has 12 heteroatoms. The predicted octanol–water partition coefficient (Wildman–Crippen LogP) is -2.10. The lowest BCUT2D eigenvalue weighted by Crippen LogP contribution is -2.64. The third-order valence-electron chi connectivity index (χ3n) is 5.94. The second-order valence-corrected chi connectivity index (χ2v) is 8.55. The number of unbranched alkanes of at least 4 members (excludes halogenated alkanes) is 5. The van der Waals surface area contributed by atoms with Gasteiger partial charge >= 0.3 is 5.97 Å². The third-order valence-corrected chi connectivity index (χ3v) is 5.94. The fourth-order valence-corrected chi connectivity index (χ4v) is 3.85. The van der Waals surface area contributed by atoms with Crippen molar-refractivity contribution in [2.45, 2.75) is 113 Å². The summed E-state index contributed by atoms with van der Waals surface area (Å²) in [5.41, 5.74) is 0. The topological polar surface area (TPSA) is 196 Å². The van der Waals surface area contributed by atoms with E-state index in [1.165, 1.54) is 0 Å². The fourth-order valence-electron chi connectivity index (χ4n) is 3.85. The van der Waals surface area contributed by atoms with Crippen LogP contribution in [0.5, 0.6) is 0 Å². The van der Waals surface area contributed by atoms with Crippen LogP contribution < -0.4 is 0 Å². The van der Waals surface area contributed by atoms with Crippen LogP contribution in [0.4, 0.5) is 0 Å². The molecule has 2 aliphatic heterocycles. The van der Waals surface area contributed by atoms with E-state index in [-0.39, 0.29) is 6.42 Å². The van der Waals surface area contributed by atoms with Gasteiger partial charge in [-0.2, -0.15) is 0 Å². The molecule has 0 aromatic heterocycles. The first-order chi connectivity index (χ1) is 15.7. The van der Waals surface area contributed by atoms with E-state index in [4.69, 9.17) is 18.9 Å². The van der Waals surface area contributed by atoms with Crippen LogP contribution in [0.15, 0.2) is 0 Å². The quantitative estimate of drug-likeness (QED) is 0.118. The molecule has 0 aromatic carbocycles. The Hall–Kier alpha value is -0.930. The number of carbonyl (C=O) groups excluding carboxylic acids is 1. The van der Waals surface area contributed by atoms with Crippen LogP contribution in [0.3, 0.4) is 0 Å². The Labute approximate surface area is 192 Å². The minimum atomic E-state index is -1.76. The van der Waals surface area contributed by atoms with E-state index in [1.54, 1.807) is 0 Å². The molecule has 2 fully saturated rings. The van der Waals surface area contributed by atoms with Crippen molar-refractivity contribution in [2.24, 2.45) is 0 Å². The van der Waals surface area contributed by atoms with Crippen LogP contribution in [0.1, 0.15) is 51.9 Å². The van der Waals surface area contributed by atoms with Gasteiger partial charge in [-0.1, -0.05) is 39.0 Å². The number of hydrogen-bond donors (Lipinski definition) is 7. The van der Waals surface area contributed by atoms with E-state index < -0.39 is 80.6 Å². The number of aliphatic hydroxyl groups excluding tert-OH is 7. The molecular weight excluding hydrogens is 444 g/mol. The molecule has 194 valence electrons. The SMILES string of the molecule is CCCCCCCCC(=O)OC[C@H]1O[C@@H](O[C@H]2[C@H](O)[C@@H](O)[C@H](O)O[C@@H]2CO)[C@H](O)[C@@H](O)[C@@H]1O. The van der Waals surface area contributed by atoms with E-state index >= 15 is 0 Å². The van der Waals surface area contributed by atoms with Crippen LogP contribution in [0, 0.1) is 0 Å². The average Bonchev–Trinajstić information content (AvgIpc) is 2.80. The Balaban J connectivity index is 1.89. The van der Waals surface area contributed by atoms with Gasteiger partial charge < -0.3 is 54.7 Å². The highest BCUT2D eigenvalue weighted by molar-refractivity contribution is 5.69. The van der Waals surface area contributed by atoms with Crippen molar-refractivity contribution < 1.29 is 59.5 Å². The maximum Gasteiger partial charge on any atom is 0.305 e. The van der Waals surface area contributed by atoms with Crippen molar-refractivity contribution >= 4 is 5.97 Å². The van der Waals surface area contributed by atoms with E-state index in [0.717, 1.165) is 32.1 Å². The number of esters is 1. The summed E-state index contributed by atoms with van der Waals surface area (Å²) < 4.78 is 21.0. The number of hydrogen-bond acceptors (Lipinski definition) is 12. The molecule has 33 heavy (non-hydrogen) atoms. The molecule has 0 amide bonds. The van der Waals surface area contributed by atoms with E-state index in [0.29, 0.717) is 6.42 Å². The van der Waals surface area contributed by atoms with Gasteiger partial charge in [-0.3, -0.25) is 4.79 Å². The second kappa shape index (κ2) is 13.8. The maximum absolute atomic E-state index is 12.0. The van der Waals surface area contributed by atoms with E-state index in [9.17, 15) is 40.5 Å². The van der Waals surface area contributed by atoms with Gasteiger partial charge in [0.15, 0.2) is 12.6 Å². The zero-order valence-corrected chi connectivity index (χ0v) is 18.8. The van der Waals surface area contributed by atoms with Gasteiger partial charge in [-0.15, -0.1) is 0 Å². The van der Waals surface area contributed by atoms with Crippen LogP contribution in [-0.4, -0.2) is 116 Å². The lowest BCUT2D eigenvalue weighted by atomic mass is 9.97. The molecule has 0 saturated carbocycles. The molecule has 0 radical (unpaired) electrons. The average molecular weight is 483 g/mol. The lowest BCUT2D eigenvalue weighted by molar-refractivity contribution is -0.355. The lowest BCUT2D eigenvalue weighted by Gasteiger charge is -2.45. The summed E-state index contributed by atoms with van der Waals surface area (Å²) in [4.78, 5) is 12.0. The second-order valence-electron chi connectivity index (χ2n) is 8.55. The van der Waals surface area contributed by atoms with Crippen molar-refractivity contribution in [3.8, 4) is 0 Å². The summed E-state index contributed by atoms with van der Waals surface area (Å²) >= 11 is 0. The molecule has 0 aromatic rings. The summed E-state index contributed by atoms with van der Waals surface area (Å²) in [5, 5.41) is 69.6. The standard InChI is InChI=1S/C21H38O12/c1-2-3-4-5-6-7-8-13(23)30-10-12-14(24)15(25)18(28)21(32-12)33-19-11(9-22)31-20(29)17(27)16(19)26/h11-12,14-22,24-29H,2-10H2,1H3/t11-,12-,14-,15+,16-,17-,18-,19-,20-,21+/m1/s1. The molecule has 0 spiro atoms. The monoisotopic (exact) mass is 482 g/mol. The Morgan fingerprint density at radius 3 is 2.12 bits per heavy atom. The van der Waals surface area contributed by atoms with Gasteiger partial charge in [0.1, 0.15) is 55.4 Å². The number of carbonyl (C=O) groups is 1. The summed E-state index contributed by atoms with van der Waals surface area (Å²) in [7, 11) is 0. The molecule has 0 aliphatic carbocycles. The van der Waals surface area contributed by atoms with Crippen molar-refractivity contribution in [3.05, 3.63) is 0 Å². The van der Waals surface area contributed by atoms with Crippen LogP contribution >= 0.6 is 0 Å². The van der Waals surface area contributed by atoms with Crippen molar-refractivity contribution in [2.75, 3.05) is 13.2 Å². The first-order valence-electron chi connectivity index (χ1n) is 11.5. The maximum atomic E-state index is 12.0. The fraction of sp³-hybridized carbons (Fsp3) is 0.952. The zero-order chi connectivity index (χ0) is 24.5. The third kappa shape index (κ3) is 7.79. The van der Waals surface area contributed by atoms with Crippen molar-refractivity contribution in [1.82, 2.24) is 0 Å². The smallest absolute Gasteiger partial charge is 0.305 e. The van der Waals surface area contributed by atoms with Gasteiger partial charge in [0, 0.05) is 6.42 Å². The largest absolute Gasteiger partial charge is 0.463 e. The van der Waals surface area contributed by atoms with Gasteiger partial charge in [0.25, 0.3) is 0 Å². The molecule has 7 N–H and O–H groups in total. The summed E-state index contributed by atoms with van der Waals surface area (Å²) in [6, 6.07) is 0. The van der Waals surface area contributed by atoms with Crippen molar-refractivity contribution in [3.63, 3.8) is 0 Å². The Kier molecular flexibility index (Phi) is 11.9. The van der Waals surface area contributed by atoms with E-state index in [2.05, 4.69) is 6.92 Å². The van der Waals surface area contributed by atoms with Gasteiger partial charge in [-0.25, -0.2) is 0 Å². The Morgan fingerprint density at radius 1 is 0.788 bits per heavy atom. The molecular formula is C21H38O12. The molecule has 0 bridgehead atoms. The highest BCUT2D eigenvalue weighted by Crippen LogP contribution is 2.28. The number of ether oxygens (including phenoxy) is 4. The predicted molar refractivity (Wildman–Crippen MR) is 110 cm³/mol. The minimum absolute atomic E-state index is 0.198. The first kappa shape index (κ1) is 28.3. The van der Waals surface area contributed by atoms with Crippen molar-refractivity contribution in [1.29, 1.82) is 0 Å². The molecule has 2 heterocycles. The molecule has 2 saturated heterocycles. The Bertz CT molecular complexity index is 575. The van der Waals surface area contributed by atoms with Gasteiger partial charge in [0.2, 0.25) is 0 Å². The number of rotatable bonds is 12. The summed E-state index contributed by atoms with van der Waals surface area (Å²) in [6.45, 7) is 1.02. The summed E-state index contributed by atoms with van der Waals surface area (Å²) in [6.07, 6.45) is -9.68. The molecule has 12 nitrogen and oxygen atoms in total. The summed E-state index contributed by atoms with van der Waals surface area (Å²) in [5.74, 6) is -0.493. The van der Waals surface area contributed by atoms with E-state index in [1.807, 2.05) is 0 Å². The van der Waals surface area contributed by atoms with Crippen LogP contribution in [-0.2, 0) is 23.7 Å². The molecule has 2 rings (SSSR count). The van der Waals surface area contributed by atoms with Crippen LogP contribution in [0.25, 0.3) is 0 Å². The van der Waals surface area contributed by atoms with Gasteiger partial charge in [-0.05, 0) is 6.42 Å².